The van der Waals surface area contributed by atoms with Gasteiger partial charge in [-0.05, 0) is 38.3 Å². The Morgan fingerprint density at radius 1 is 1.22 bits per heavy atom. The number of aromatic nitrogens is 5. The third kappa shape index (κ3) is 4.35. The maximum absolute atomic E-state index is 14.7. The molecule has 0 aliphatic heterocycles. The molecular weight excluding hydrogens is 420 g/mol. The smallest absolute Gasteiger partial charge is 0.252 e. The summed E-state index contributed by atoms with van der Waals surface area (Å²) in [4.78, 5) is 21.8. The summed E-state index contributed by atoms with van der Waals surface area (Å²) in [5.74, 6) is -1.78. The summed E-state index contributed by atoms with van der Waals surface area (Å²) in [6.07, 6.45) is 4.97. The third-order valence-electron chi connectivity index (χ3n) is 5.40. The van der Waals surface area contributed by atoms with E-state index in [0.717, 1.165) is 6.07 Å². The van der Waals surface area contributed by atoms with Crippen molar-refractivity contribution in [3.8, 4) is 5.69 Å². The van der Waals surface area contributed by atoms with Gasteiger partial charge in [0, 0.05) is 6.04 Å². The fourth-order valence-corrected chi connectivity index (χ4v) is 3.66. The van der Waals surface area contributed by atoms with Crippen molar-refractivity contribution >= 4 is 23.2 Å². The Morgan fingerprint density at radius 2 is 1.97 bits per heavy atom. The summed E-state index contributed by atoms with van der Waals surface area (Å²) in [6, 6.07) is 1.41. The molecule has 32 heavy (non-hydrogen) atoms. The lowest BCUT2D eigenvalue weighted by Crippen LogP contribution is -2.49. The van der Waals surface area contributed by atoms with Crippen LogP contribution >= 0.6 is 0 Å². The van der Waals surface area contributed by atoms with Crippen molar-refractivity contribution in [2.24, 2.45) is 11.5 Å². The predicted molar refractivity (Wildman–Crippen MR) is 114 cm³/mol. The lowest BCUT2D eigenvalue weighted by molar-refractivity contribution is 0.100. The van der Waals surface area contributed by atoms with E-state index in [-0.39, 0.29) is 17.2 Å². The van der Waals surface area contributed by atoms with Crippen LogP contribution in [0.15, 0.2) is 30.7 Å². The van der Waals surface area contributed by atoms with E-state index in [9.17, 15) is 13.6 Å². The number of nitrogens with zero attached hydrogens (tertiary/aromatic N) is 5. The number of aryl methyl sites for hydroxylation is 1. The number of nitrogens with one attached hydrogen (secondary N) is 2. The van der Waals surface area contributed by atoms with Crippen LogP contribution in [0.4, 0.5) is 26.1 Å². The van der Waals surface area contributed by atoms with E-state index in [0.29, 0.717) is 36.3 Å². The summed E-state index contributed by atoms with van der Waals surface area (Å²) < 4.78 is 28.7. The van der Waals surface area contributed by atoms with Crippen LogP contribution in [0.1, 0.15) is 35.3 Å². The molecule has 1 unspecified atom stereocenters. The van der Waals surface area contributed by atoms with Gasteiger partial charge in [-0.25, -0.2) is 13.8 Å². The van der Waals surface area contributed by atoms with Gasteiger partial charge in [0.05, 0.1) is 41.6 Å². The number of carbonyl (C=O) groups is 1. The molecule has 12 heteroatoms. The van der Waals surface area contributed by atoms with Gasteiger partial charge in [-0.2, -0.15) is 10.2 Å². The molecule has 0 aromatic carbocycles. The molecule has 168 valence electrons. The molecule has 3 aromatic rings. The van der Waals surface area contributed by atoms with Gasteiger partial charge in [-0.1, -0.05) is 0 Å². The van der Waals surface area contributed by atoms with Gasteiger partial charge >= 0.3 is 0 Å². The van der Waals surface area contributed by atoms with E-state index >= 15 is 0 Å². The van der Waals surface area contributed by atoms with Gasteiger partial charge in [0.25, 0.3) is 5.91 Å². The molecule has 4 rings (SSSR count). The average molecular weight is 443 g/mol. The second-order valence-electron chi connectivity index (χ2n) is 7.63. The van der Waals surface area contributed by atoms with Gasteiger partial charge in [0.15, 0.2) is 11.6 Å². The van der Waals surface area contributed by atoms with Crippen molar-refractivity contribution < 1.29 is 13.6 Å². The Morgan fingerprint density at radius 3 is 2.69 bits per heavy atom. The summed E-state index contributed by atoms with van der Waals surface area (Å²) >= 11 is 0. The van der Waals surface area contributed by atoms with E-state index in [4.69, 9.17) is 11.5 Å². The topological polar surface area (TPSA) is 150 Å². The molecule has 1 saturated carbocycles. The number of alkyl halides is 1. The predicted octanol–water partition coefficient (Wildman–Crippen LogP) is 1.98. The van der Waals surface area contributed by atoms with Gasteiger partial charge in [0.2, 0.25) is 0 Å². The van der Waals surface area contributed by atoms with Crippen molar-refractivity contribution in [3.05, 3.63) is 47.8 Å². The first-order valence-electron chi connectivity index (χ1n) is 10.1. The van der Waals surface area contributed by atoms with Crippen LogP contribution in [0.2, 0.25) is 0 Å². The van der Waals surface area contributed by atoms with Crippen molar-refractivity contribution in [1.82, 2.24) is 25.0 Å². The fraction of sp³-hybridized carbons (Fsp3) is 0.350. The molecule has 6 N–H and O–H groups in total. The summed E-state index contributed by atoms with van der Waals surface area (Å²) in [5.41, 5.74) is 12.9. The second kappa shape index (κ2) is 8.83. The van der Waals surface area contributed by atoms with Crippen LogP contribution in [0.3, 0.4) is 0 Å². The van der Waals surface area contributed by atoms with Crippen LogP contribution in [0.5, 0.6) is 0 Å². The number of anilines is 3. The number of rotatable bonds is 6. The molecule has 0 radical (unpaired) electrons. The summed E-state index contributed by atoms with van der Waals surface area (Å²) in [7, 11) is 0. The minimum Gasteiger partial charge on any atom is -0.365 e. The van der Waals surface area contributed by atoms with E-state index in [1.807, 2.05) is 0 Å². The number of hydrogen-bond acceptors (Lipinski definition) is 8. The maximum atomic E-state index is 14.7. The highest BCUT2D eigenvalue weighted by molar-refractivity contribution is 5.98. The van der Waals surface area contributed by atoms with Gasteiger partial charge in [0.1, 0.15) is 17.7 Å². The van der Waals surface area contributed by atoms with Crippen LogP contribution in [-0.4, -0.2) is 49.1 Å². The van der Waals surface area contributed by atoms with Gasteiger partial charge < -0.3 is 22.1 Å². The maximum Gasteiger partial charge on any atom is 0.252 e. The van der Waals surface area contributed by atoms with Gasteiger partial charge in [-0.3, -0.25) is 9.78 Å². The number of hydrogen-bond donors (Lipinski definition) is 4. The van der Waals surface area contributed by atoms with E-state index in [1.165, 1.54) is 23.4 Å². The van der Waals surface area contributed by atoms with E-state index in [1.54, 1.807) is 13.0 Å². The molecular formula is C20H23F2N9O. The molecule has 1 aliphatic rings. The first-order chi connectivity index (χ1) is 15.3. The molecule has 0 saturated heterocycles. The average Bonchev–Trinajstić information content (AvgIpc) is 3.29. The van der Waals surface area contributed by atoms with Crippen LogP contribution in [0, 0.1) is 12.7 Å². The van der Waals surface area contributed by atoms with E-state index in [2.05, 4.69) is 30.8 Å². The Kier molecular flexibility index (Phi) is 5.95. The molecule has 1 fully saturated rings. The number of amides is 1. The number of carbonyl (C=O) groups excluding carboxylic acids is 1. The minimum atomic E-state index is -1.18. The highest BCUT2D eigenvalue weighted by atomic mass is 19.1. The first kappa shape index (κ1) is 21.6. The standard InChI is InChI=1S/C20H23F2N9O/c1-10-16(31-26-5-6-27-31)7-11(9-25-10)28-19-12(18(24)32)8-14(22)20(30-19)29-15-4-2-3-13(21)17(15)23/h5-9,13,15,17H,2-4,23H2,1H3,(H2,24,32)(H2,28,29,30)/t13-,15?,17-/m0/s1. The van der Waals surface area contributed by atoms with E-state index < -0.39 is 30.0 Å². The second-order valence-corrected chi connectivity index (χ2v) is 7.63. The van der Waals surface area contributed by atoms with Crippen LogP contribution < -0.4 is 22.1 Å². The summed E-state index contributed by atoms with van der Waals surface area (Å²) in [6.45, 7) is 1.79. The highest BCUT2D eigenvalue weighted by Gasteiger charge is 2.31. The van der Waals surface area contributed by atoms with Crippen LogP contribution in [-0.2, 0) is 0 Å². The number of halogens is 2. The summed E-state index contributed by atoms with van der Waals surface area (Å²) in [5, 5.41) is 14.0. The lowest BCUT2D eigenvalue weighted by atomic mass is 9.89. The number of nitrogens with two attached hydrogens (primary N) is 2. The van der Waals surface area contributed by atoms with Gasteiger partial charge in [-0.15, -0.1) is 4.80 Å². The Labute approximate surface area is 182 Å². The van der Waals surface area contributed by atoms with Crippen LogP contribution in [0.25, 0.3) is 5.69 Å². The zero-order chi connectivity index (χ0) is 22.8. The zero-order valence-corrected chi connectivity index (χ0v) is 17.3. The number of pyridine rings is 2. The molecule has 3 aromatic heterocycles. The molecule has 0 bridgehead atoms. The molecule has 1 aliphatic carbocycles. The molecule has 10 nitrogen and oxygen atoms in total. The quantitative estimate of drug-likeness (QED) is 0.452. The van der Waals surface area contributed by atoms with Crippen molar-refractivity contribution in [2.45, 2.75) is 44.4 Å². The van der Waals surface area contributed by atoms with Crippen molar-refractivity contribution in [1.29, 1.82) is 0 Å². The molecule has 3 atom stereocenters. The Bertz CT molecular complexity index is 1120. The molecule has 3 heterocycles. The Hall–Kier alpha value is -3.67. The number of primary amides is 1. The largest absolute Gasteiger partial charge is 0.365 e. The molecule has 0 spiro atoms. The zero-order valence-electron chi connectivity index (χ0n) is 17.3. The normalized spacial score (nSPS) is 20.7. The SMILES string of the molecule is Cc1ncc(Nc2nc(NC3CCC[C@H](F)[C@@H]3N)c(F)cc2C(N)=O)cc1-n1nccn1. The fourth-order valence-electron chi connectivity index (χ4n) is 3.66. The third-order valence-corrected chi connectivity index (χ3v) is 5.40. The highest BCUT2D eigenvalue weighted by Crippen LogP contribution is 2.28. The monoisotopic (exact) mass is 443 g/mol. The van der Waals surface area contributed by atoms with Crippen molar-refractivity contribution in [3.63, 3.8) is 0 Å². The minimum absolute atomic E-state index is 0.0209. The first-order valence-corrected chi connectivity index (χ1v) is 10.1. The van der Waals surface area contributed by atoms with Crippen molar-refractivity contribution in [2.75, 3.05) is 10.6 Å². The lowest BCUT2D eigenvalue weighted by Gasteiger charge is -2.32. The Balaban J connectivity index is 1.66. The molecule has 1 amide bonds.